The Morgan fingerprint density at radius 1 is 1.17 bits per heavy atom. The van der Waals surface area contributed by atoms with Crippen LogP contribution in [0.25, 0.3) is 22.4 Å². The molecule has 1 aliphatic rings. The van der Waals surface area contributed by atoms with Crippen molar-refractivity contribution in [1.82, 2.24) is 19.9 Å². The molecule has 1 aromatic carbocycles. The van der Waals surface area contributed by atoms with Crippen LogP contribution in [0.5, 0.6) is 0 Å². The maximum atomic E-state index is 6.26. The van der Waals surface area contributed by atoms with Gasteiger partial charge in [-0.25, -0.2) is 4.98 Å². The SMILES string of the molecule is Cc1cc(N2CCN(C)CC2)cc2[nH]c(-c3ccncc3Cl)nc12. The highest BCUT2D eigenvalue weighted by Crippen LogP contribution is 2.30. The van der Waals surface area contributed by atoms with Crippen molar-refractivity contribution in [1.29, 1.82) is 0 Å². The molecule has 5 nitrogen and oxygen atoms in total. The maximum absolute atomic E-state index is 6.26. The molecule has 124 valence electrons. The van der Waals surface area contributed by atoms with Gasteiger partial charge in [0.1, 0.15) is 5.82 Å². The van der Waals surface area contributed by atoms with Crippen LogP contribution in [-0.2, 0) is 0 Å². The van der Waals surface area contributed by atoms with Crippen molar-refractivity contribution in [2.45, 2.75) is 6.92 Å². The van der Waals surface area contributed by atoms with Crippen molar-refractivity contribution in [3.05, 3.63) is 41.2 Å². The topological polar surface area (TPSA) is 48.0 Å². The number of hydrogen-bond donors (Lipinski definition) is 1. The van der Waals surface area contributed by atoms with E-state index in [9.17, 15) is 0 Å². The van der Waals surface area contributed by atoms with Crippen LogP contribution in [-0.4, -0.2) is 53.1 Å². The summed E-state index contributed by atoms with van der Waals surface area (Å²) >= 11 is 6.26. The number of halogens is 1. The fraction of sp³-hybridized carbons (Fsp3) is 0.333. The second-order valence-electron chi connectivity index (χ2n) is 6.39. The third-order valence-electron chi connectivity index (χ3n) is 4.66. The first kappa shape index (κ1) is 15.4. The number of hydrogen-bond acceptors (Lipinski definition) is 4. The van der Waals surface area contributed by atoms with Gasteiger partial charge in [-0.2, -0.15) is 0 Å². The minimum absolute atomic E-state index is 0.605. The van der Waals surface area contributed by atoms with Gasteiger partial charge in [0.2, 0.25) is 0 Å². The van der Waals surface area contributed by atoms with Gasteiger partial charge in [0, 0.05) is 49.8 Å². The number of benzene rings is 1. The number of nitrogens with one attached hydrogen (secondary N) is 1. The molecular formula is C18H20ClN5. The van der Waals surface area contributed by atoms with Crippen molar-refractivity contribution >= 4 is 28.3 Å². The number of aromatic nitrogens is 3. The van der Waals surface area contributed by atoms with Gasteiger partial charge in [-0.1, -0.05) is 11.6 Å². The summed E-state index contributed by atoms with van der Waals surface area (Å²) < 4.78 is 0. The van der Waals surface area contributed by atoms with Crippen molar-refractivity contribution in [2.75, 3.05) is 38.1 Å². The third-order valence-corrected chi connectivity index (χ3v) is 4.96. The van der Waals surface area contributed by atoms with Crippen LogP contribution in [0.1, 0.15) is 5.56 Å². The highest BCUT2D eigenvalue weighted by molar-refractivity contribution is 6.33. The quantitative estimate of drug-likeness (QED) is 0.776. The first-order chi connectivity index (χ1) is 11.6. The minimum atomic E-state index is 0.605. The van der Waals surface area contributed by atoms with Gasteiger partial charge in [-0.3, -0.25) is 4.98 Å². The molecule has 0 radical (unpaired) electrons. The van der Waals surface area contributed by atoms with E-state index in [1.165, 1.54) is 11.3 Å². The summed E-state index contributed by atoms with van der Waals surface area (Å²) in [5, 5.41) is 0.605. The number of H-pyrrole nitrogens is 1. The zero-order chi connectivity index (χ0) is 16.7. The molecule has 0 aliphatic carbocycles. The largest absolute Gasteiger partial charge is 0.369 e. The van der Waals surface area contributed by atoms with E-state index in [2.05, 4.69) is 45.9 Å². The van der Waals surface area contributed by atoms with Gasteiger partial charge in [0.25, 0.3) is 0 Å². The molecule has 6 heteroatoms. The van der Waals surface area contributed by atoms with E-state index in [1.807, 2.05) is 6.07 Å². The van der Waals surface area contributed by atoms with E-state index in [0.29, 0.717) is 5.02 Å². The van der Waals surface area contributed by atoms with E-state index in [4.69, 9.17) is 16.6 Å². The molecule has 0 spiro atoms. The zero-order valence-corrected chi connectivity index (χ0v) is 14.6. The summed E-state index contributed by atoms with van der Waals surface area (Å²) in [5.74, 6) is 0.788. The molecule has 1 saturated heterocycles. The first-order valence-electron chi connectivity index (χ1n) is 8.15. The van der Waals surface area contributed by atoms with Crippen LogP contribution in [0.2, 0.25) is 5.02 Å². The molecule has 2 aromatic heterocycles. The standard InChI is InChI=1S/C18H20ClN5/c1-12-9-13(24-7-5-23(2)6-8-24)10-16-17(12)22-18(21-16)14-3-4-20-11-15(14)19/h3-4,9-11H,5-8H2,1-2H3,(H,21,22). The lowest BCUT2D eigenvalue weighted by molar-refractivity contribution is 0.313. The molecule has 3 heterocycles. The van der Waals surface area contributed by atoms with Crippen LogP contribution in [0, 0.1) is 6.92 Å². The molecule has 0 bridgehead atoms. The Balaban J connectivity index is 1.75. The summed E-state index contributed by atoms with van der Waals surface area (Å²) in [7, 11) is 2.17. The van der Waals surface area contributed by atoms with Crippen LogP contribution in [0.15, 0.2) is 30.6 Å². The van der Waals surface area contributed by atoms with Crippen LogP contribution < -0.4 is 4.90 Å². The number of piperazine rings is 1. The molecule has 1 fully saturated rings. The number of anilines is 1. The minimum Gasteiger partial charge on any atom is -0.369 e. The highest BCUT2D eigenvalue weighted by Gasteiger charge is 2.17. The Labute approximate surface area is 146 Å². The van der Waals surface area contributed by atoms with E-state index in [1.54, 1.807) is 12.4 Å². The lowest BCUT2D eigenvalue weighted by Gasteiger charge is -2.34. The predicted octanol–water partition coefficient (Wildman–Crippen LogP) is 3.34. The number of aryl methyl sites for hydroxylation is 1. The number of fused-ring (bicyclic) bond motifs is 1. The van der Waals surface area contributed by atoms with Crippen molar-refractivity contribution in [3.8, 4) is 11.4 Å². The molecule has 0 unspecified atom stereocenters. The number of imidazole rings is 1. The number of likely N-dealkylation sites (N-methyl/N-ethyl adjacent to an activating group) is 1. The Morgan fingerprint density at radius 2 is 1.96 bits per heavy atom. The van der Waals surface area contributed by atoms with Crippen molar-refractivity contribution < 1.29 is 0 Å². The molecule has 4 rings (SSSR count). The summed E-state index contributed by atoms with van der Waals surface area (Å²) in [5.41, 5.74) is 5.35. The first-order valence-corrected chi connectivity index (χ1v) is 8.53. The average Bonchev–Trinajstić information content (AvgIpc) is 3.00. The lowest BCUT2D eigenvalue weighted by Crippen LogP contribution is -2.44. The number of pyridine rings is 1. The number of nitrogens with zero attached hydrogens (tertiary/aromatic N) is 4. The molecule has 24 heavy (non-hydrogen) atoms. The van der Waals surface area contributed by atoms with E-state index >= 15 is 0 Å². The molecule has 1 aliphatic heterocycles. The highest BCUT2D eigenvalue weighted by atomic mass is 35.5. The summed E-state index contributed by atoms with van der Waals surface area (Å²) in [4.78, 5) is 17.0. The van der Waals surface area contributed by atoms with Crippen molar-refractivity contribution in [2.24, 2.45) is 0 Å². The normalized spacial score (nSPS) is 16.0. The maximum Gasteiger partial charge on any atom is 0.140 e. The zero-order valence-electron chi connectivity index (χ0n) is 13.9. The average molecular weight is 342 g/mol. The fourth-order valence-corrected chi connectivity index (χ4v) is 3.42. The predicted molar refractivity (Wildman–Crippen MR) is 98.8 cm³/mol. The lowest BCUT2D eigenvalue weighted by atomic mass is 10.1. The Kier molecular flexibility index (Phi) is 3.90. The van der Waals surface area contributed by atoms with E-state index in [0.717, 1.165) is 48.6 Å². The van der Waals surface area contributed by atoms with Gasteiger partial charge in [-0.15, -0.1) is 0 Å². The number of rotatable bonds is 2. The second-order valence-corrected chi connectivity index (χ2v) is 6.80. The van der Waals surface area contributed by atoms with Crippen LogP contribution in [0.4, 0.5) is 5.69 Å². The summed E-state index contributed by atoms with van der Waals surface area (Å²) in [6, 6.07) is 6.31. The van der Waals surface area contributed by atoms with Crippen LogP contribution >= 0.6 is 11.6 Å². The summed E-state index contributed by atoms with van der Waals surface area (Å²) in [6.07, 6.45) is 3.38. The molecule has 1 N–H and O–H groups in total. The molecule has 0 amide bonds. The monoisotopic (exact) mass is 341 g/mol. The molecule has 3 aromatic rings. The van der Waals surface area contributed by atoms with Gasteiger partial charge in [-0.05, 0) is 37.7 Å². The fourth-order valence-electron chi connectivity index (χ4n) is 3.21. The van der Waals surface area contributed by atoms with Gasteiger partial charge >= 0.3 is 0 Å². The molecule has 0 atom stereocenters. The van der Waals surface area contributed by atoms with Gasteiger partial charge in [0.05, 0.1) is 16.1 Å². The third kappa shape index (κ3) is 2.74. The Bertz CT molecular complexity index is 880. The van der Waals surface area contributed by atoms with E-state index in [-0.39, 0.29) is 0 Å². The van der Waals surface area contributed by atoms with Crippen LogP contribution in [0.3, 0.4) is 0 Å². The van der Waals surface area contributed by atoms with Gasteiger partial charge in [0.15, 0.2) is 0 Å². The number of aromatic amines is 1. The van der Waals surface area contributed by atoms with Gasteiger partial charge < -0.3 is 14.8 Å². The smallest absolute Gasteiger partial charge is 0.140 e. The van der Waals surface area contributed by atoms with Crippen molar-refractivity contribution in [3.63, 3.8) is 0 Å². The molecular weight excluding hydrogens is 322 g/mol. The Hall–Kier alpha value is -2.11. The summed E-state index contributed by atoms with van der Waals surface area (Å²) in [6.45, 7) is 6.41. The van der Waals surface area contributed by atoms with E-state index < -0.39 is 0 Å². The second kappa shape index (κ2) is 6.07. The molecule has 0 saturated carbocycles. The Morgan fingerprint density at radius 3 is 2.71 bits per heavy atom.